The van der Waals surface area contributed by atoms with E-state index >= 15 is 0 Å². The zero-order valence-electron chi connectivity index (χ0n) is 21.0. The van der Waals surface area contributed by atoms with Crippen molar-refractivity contribution >= 4 is 32.8 Å². The van der Waals surface area contributed by atoms with Crippen LogP contribution < -0.4 is 5.32 Å². The Morgan fingerprint density at radius 1 is 1.22 bits per heavy atom. The Morgan fingerprint density at radius 3 is 2.67 bits per heavy atom. The molecule has 1 atom stereocenters. The number of benzene rings is 1. The fraction of sp³-hybridized carbons (Fsp3) is 0.577. The highest BCUT2D eigenvalue weighted by Gasteiger charge is 2.33. The van der Waals surface area contributed by atoms with E-state index in [1.54, 1.807) is 6.07 Å². The highest BCUT2D eigenvalue weighted by atomic mass is 32.2. The average Bonchev–Trinajstić information content (AvgIpc) is 2.86. The summed E-state index contributed by atoms with van der Waals surface area (Å²) in [4.78, 5) is 29.4. The number of pyridine rings is 1. The molecule has 0 bridgehead atoms. The molecule has 0 saturated carbocycles. The SMILES string of the molecule is CCOCCCNC(=O)C1CCN(S(=O)(=O)c2ccc3nc4c(c(C(=O)O)c3c2)CC(C)CC4)CC1. The summed E-state index contributed by atoms with van der Waals surface area (Å²) < 4.78 is 33.6. The number of piperidine rings is 1. The van der Waals surface area contributed by atoms with Crippen LogP contribution in [0, 0.1) is 11.8 Å². The standard InChI is InChI=1S/C26H35N3O6S/c1-3-35-14-4-11-27-25(30)18-9-12-29(13-10-18)36(33,34)19-6-8-23-21(16-19)24(26(31)32)20-15-17(2)5-7-22(20)28-23/h6,8,16-18H,3-5,7,9-15H2,1-2H3,(H,27,30)(H,31,32). The first-order chi connectivity index (χ1) is 17.2. The van der Waals surface area contributed by atoms with Crippen molar-refractivity contribution in [3.63, 3.8) is 0 Å². The van der Waals surface area contributed by atoms with E-state index in [9.17, 15) is 23.1 Å². The molecule has 1 aliphatic carbocycles. The molecule has 1 amide bonds. The van der Waals surface area contributed by atoms with Crippen LogP contribution in [-0.4, -0.2) is 67.5 Å². The third-order valence-corrected chi connectivity index (χ3v) is 9.11. The third kappa shape index (κ3) is 5.55. The quantitative estimate of drug-likeness (QED) is 0.490. The summed E-state index contributed by atoms with van der Waals surface area (Å²) in [5.74, 6) is -0.984. The second kappa shape index (κ2) is 11.2. The minimum absolute atomic E-state index is 0.0505. The van der Waals surface area contributed by atoms with Crippen molar-refractivity contribution in [2.24, 2.45) is 11.8 Å². The molecule has 2 N–H and O–H groups in total. The van der Waals surface area contributed by atoms with Gasteiger partial charge in [0.2, 0.25) is 15.9 Å². The van der Waals surface area contributed by atoms with Gasteiger partial charge in [0.15, 0.2) is 0 Å². The van der Waals surface area contributed by atoms with Gasteiger partial charge in [-0.05, 0) is 75.1 Å². The Balaban J connectivity index is 1.50. The maximum Gasteiger partial charge on any atom is 0.336 e. The van der Waals surface area contributed by atoms with Gasteiger partial charge in [0.05, 0.1) is 16.0 Å². The van der Waals surface area contributed by atoms with Gasteiger partial charge >= 0.3 is 5.97 Å². The molecule has 1 unspecified atom stereocenters. The number of carboxylic acids is 1. The number of aryl methyl sites for hydroxylation is 1. The molecule has 2 aromatic rings. The molecule has 2 heterocycles. The minimum Gasteiger partial charge on any atom is -0.478 e. The first-order valence-electron chi connectivity index (χ1n) is 12.8. The number of carbonyl (C=O) groups is 2. The molecule has 1 aromatic carbocycles. The molecule has 4 rings (SSSR count). The van der Waals surface area contributed by atoms with Crippen LogP contribution in [0.15, 0.2) is 23.1 Å². The summed E-state index contributed by atoms with van der Waals surface area (Å²) in [6.45, 7) is 6.27. The molecular formula is C26H35N3O6S. The van der Waals surface area contributed by atoms with Crippen LogP contribution in [0.4, 0.5) is 0 Å². The molecule has 36 heavy (non-hydrogen) atoms. The lowest BCUT2D eigenvalue weighted by Crippen LogP contribution is -2.43. The van der Waals surface area contributed by atoms with Gasteiger partial charge in [-0.15, -0.1) is 0 Å². The average molecular weight is 518 g/mol. The molecule has 1 saturated heterocycles. The number of aromatic nitrogens is 1. The second-order valence-corrected chi connectivity index (χ2v) is 11.7. The van der Waals surface area contributed by atoms with E-state index in [-0.39, 0.29) is 35.4 Å². The van der Waals surface area contributed by atoms with E-state index in [4.69, 9.17) is 4.74 Å². The van der Waals surface area contributed by atoms with E-state index in [0.29, 0.717) is 55.8 Å². The number of hydrogen-bond donors (Lipinski definition) is 2. The Morgan fingerprint density at radius 2 is 1.97 bits per heavy atom. The molecule has 9 nitrogen and oxygen atoms in total. The van der Waals surface area contributed by atoms with E-state index in [1.807, 2.05) is 6.92 Å². The predicted octanol–water partition coefficient (Wildman–Crippen LogP) is 3.00. The Bertz CT molecular complexity index is 1240. The molecule has 2 aliphatic rings. The van der Waals surface area contributed by atoms with Crippen molar-refractivity contribution in [2.75, 3.05) is 32.8 Å². The number of ether oxygens (including phenoxy) is 1. The lowest BCUT2D eigenvalue weighted by atomic mass is 9.84. The number of nitrogens with zero attached hydrogens (tertiary/aromatic N) is 2. The monoisotopic (exact) mass is 517 g/mol. The van der Waals surface area contributed by atoms with Crippen molar-refractivity contribution in [3.8, 4) is 0 Å². The summed E-state index contributed by atoms with van der Waals surface area (Å²) in [6, 6.07) is 4.57. The van der Waals surface area contributed by atoms with Gasteiger partial charge in [0.25, 0.3) is 0 Å². The van der Waals surface area contributed by atoms with Gasteiger partial charge in [-0.2, -0.15) is 4.31 Å². The van der Waals surface area contributed by atoms with E-state index in [1.165, 1.54) is 16.4 Å². The number of amides is 1. The van der Waals surface area contributed by atoms with Crippen LogP contribution in [-0.2, 0) is 32.4 Å². The van der Waals surface area contributed by atoms with Gasteiger partial charge in [-0.25, -0.2) is 13.2 Å². The number of rotatable bonds is 9. The second-order valence-electron chi connectivity index (χ2n) is 9.76. The first kappa shape index (κ1) is 26.5. The summed E-state index contributed by atoms with van der Waals surface area (Å²) in [6.07, 6.45) is 3.93. The van der Waals surface area contributed by atoms with Gasteiger partial charge < -0.3 is 15.2 Å². The normalized spacial score (nSPS) is 19.2. The molecule has 0 spiro atoms. The van der Waals surface area contributed by atoms with Crippen LogP contribution in [0.5, 0.6) is 0 Å². The Hall–Kier alpha value is -2.56. The number of aromatic carboxylic acids is 1. The maximum absolute atomic E-state index is 13.4. The largest absolute Gasteiger partial charge is 0.478 e. The van der Waals surface area contributed by atoms with Crippen LogP contribution in [0.1, 0.15) is 61.1 Å². The van der Waals surface area contributed by atoms with E-state index < -0.39 is 16.0 Å². The number of carbonyl (C=O) groups excluding carboxylic acids is 1. The number of nitrogens with one attached hydrogen (secondary N) is 1. The van der Waals surface area contributed by atoms with Crippen molar-refractivity contribution in [2.45, 2.75) is 57.3 Å². The zero-order valence-corrected chi connectivity index (χ0v) is 21.8. The zero-order chi connectivity index (χ0) is 25.9. The van der Waals surface area contributed by atoms with E-state index in [0.717, 1.165) is 30.5 Å². The molecule has 1 aliphatic heterocycles. The van der Waals surface area contributed by atoms with Gasteiger partial charge in [0.1, 0.15) is 0 Å². The highest BCUT2D eigenvalue weighted by molar-refractivity contribution is 7.89. The smallest absolute Gasteiger partial charge is 0.336 e. The third-order valence-electron chi connectivity index (χ3n) is 7.21. The van der Waals surface area contributed by atoms with Crippen LogP contribution in [0.3, 0.4) is 0 Å². The Kier molecular flexibility index (Phi) is 8.27. The van der Waals surface area contributed by atoms with Gasteiger partial charge in [0, 0.05) is 49.8 Å². The van der Waals surface area contributed by atoms with Crippen LogP contribution in [0.25, 0.3) is 10.9 Å². The topological polar surface area (TPSA) is 126 Å². The van der Waals surface area contributed by atoms with Crippen LogP contribution in [0.2, 0.25) is 0 Å². The van der Waals surface area contributed by atoms with Crippen molar-refractivity contribution < 1.29 is 27.9 Å². The lowest BCUT2D eigenvalue weighted by molar-refractivity contribution is -0.126. The number of sulfonamides is 1. The van der Waals surface area contributed by atoms with Crippen LogP contribution >= 0.6 is 0 Å². The van der Waals surface area contributed by atoms with Crippen molar-refractivity contribution in [1.82, 2.24) is 14.6 Å². The highest BCUT2D eigenvalue weighted by Crippen LogP contribution is 2.33. The fourth-order valence-electron chi connectivity index (χ4n) is 5.18. The molecule has 0 radical (unpaired) electrons. The van der Waals surface area contributed by atoms with Gasteiger partial charge in [-0.3, -0.25) is 9.78 Å². The molecular weight excluding hydrogens is 482 g/mol. The fourth-order valence-corrected chi connectivity index (χ4v) is 6.68. The summed E-state index contributed by atoms with van der Waals surface area (Å²) in [5.41, 5.74) is 2.18. The molecule has 196 valence electrons. The van der Waals surface area contributed by atoms with E-state index in [2.05, 4.69) is 17.2 Å². The number of fused-ring (bicyclic) bond motifs is 2. The Labute approximate surface area is 212 Å². The van der Waals surface area contributed by atoms with Crippen molar-refractivity contribution in [1.29, 1.82) is 0 Å². The maximum atomic E-state index is 13.4. The summed E-state index contributed by atoms with van der Waals surface area (Å²) in [7, 11) is -3.84. The van der Waals surface area contributed by atoms with Gasteiger partial charge in [-0.1, -0.05) is 6.92 Å². The summed E-state index contributed by atoms with van der Waals surface area (Å²) in [5, 5.41) is 13.3. The molecule has 1 aromatic heterocycles. The summed E-state index contributed by atoms with van der Waals surface area (Å²) >= 11 is 0. The molecule has 10 heteroatoms. The van der Waals surface area contributed by atoms with Crippen molar-refractivity contribution in [3.05, 3.63) is 35.0 Å². The minimum atomic E-state index is -3.84. The predicted molar refractivity (Wildman–Crippen MR) is 135 cm³/mol. The molecule has 1 fully saturated rings. The lowest BCUT2D eigenvalue weighted by Gasteiger charge is -2.30. The number of carboxylic acid groups (broad SMARTS) is 1. The number of hydrogen-bond acceptors (Lipinski definition) is 6. The first-order valence-corrected chi connectivity index (χ1v) is 14.2.